The zero-order chi connectivity index (χ0) is 18.3. The normalized spacial score (nSPS) is 20.0. The molecular formula is C18H20N2O4S2. The van der Waals surface area contributed by atoms with E-state index in [1.54, 1.807) is 47.0 Å². The Morgan fingerprint density at radius 2 is 2.15 bits per heavy atom. The zero-order valence-corrected chi connectivity index (χ0v) is 16.0. The highest BCUT2D eigenvalue weighted by atomic mass is 32.2. The summed E-state index contributed by atoms with van der Waals surface area (Å²) in [5.74, 6) is 0.744. The van der Waals surface area contributed by atoms with Gasteiger partial charge in [-0.1, -0.05) is 6.92 Å². The van der Waals surface area contributed by atoms with Gasteiger partial charge in [0.15, 0.2) is 0 Å². The molecule has 2 aliphatic rings. The van der Waals surface area contributed by atoms with Crippen LogP contribution in [0.2, 0.25) is 0 Å². The third kappa shape index (κ3) is 3.54. The summed E-state index contributed by atoms with van der Waals surface area (Å²) in [6.45, 7) is 2.77. The van der Waals surface area contributed by atoms with E-state index in [4.69, 9.17) is 4.42 Å². The number of rotatable bonds is 5. The molecule has 2 heterocycles. The van der Waals surface area contributed by atoms with Crippen LogP contribution in [0.5, 0.6) is 0 Å². The van der Waals surface area contributed by atoms with Gasteiger partial charge in [0.05, 0.1) is 23.4 Å². The molecule has 26 heavy (non-hydrogen) atoms. The van der Waals surface area contributed by atoms with E-state index in [0.29, 0.717) is 18.0 Å². The van der Waals surface area contributed by atoms with E-state index in [0.717, 1.165) is 17.7 Å². The Bertz CT molecular complexity index is 921. The summed E-state index contributed by atoms with van der Waals surface area (Å²) in [6, 6.07) is 8.42. The summed E-state index contributed by atoms with van der Waals surface area (Å²) < 4.78 is 33.0. The molecule has 138 valence electrons. The van der Waals surface area contributed by atoms with Crippen molar-refractivity contribution >= 4 is 33.4 Å². The van der Waals surface area contributed by atoms with E-state index in [1.165, 1.54) is 6.26 Å². The van der Waals surface area contributed by atoms with Crippen LogP contribution in [0.4, 0.5) is 5.69 Å². The number of anilines is 1. The summed E-state index contributed by atoms with van der Waals surface area (Å²) in [4.78, 5) is 15.5. The van der Waals surface area contributed by atoms with Gasteiger partial charge < -0.3 is 9.32 Å². The van der Waals surface area contributed by atoms with Gasteiger partial charge in [-0.25, -0.2) is 13.1 Å². The molecule has 0 spiro atoms. The molecule has 1 aromatic carbocycles. The number of nitrogens with one attached hydrogen (secondary N) is 1. The number of thioether (sulfide) groups is 1. The molecule has 6 nitrogen and oxygen atoms in total. The minimum atomic E-state index is -3.69. The topological polar surface area (TPSA) is 79.6 Å². The average molecular weight is 393 g/mol. The minimum Gasteiger partial charge on any atom is -0.468 e. The second-order valence-corrected chi connectivity index (χ2v) is 9.93. The predicted molar refractivity (Wildman–Crippen MR) is 99.6 cm³/mol. The zero-order valence-electron chi connectivity index (χ0n) is 14.3. The predicted octanol–water partition coefficient (Wildman–Crippen LogP) is 3.00. The number of furan rings is 1. The van der Waals surface area contributed by atoms with Crippen molar-refractivity contribution in [3.63, 3.8) is 0 Å². The molecule has 1 aliphatic carbocycles. The Morgan fingerprint density at radius 1 is 1.35 bits per heavy atom. The minimum absolute atomic E-state index is 0.0862. The Balaban J connectivity index is 1.62. The fraction of sp³-hybridized carbons (Fsp3) is 0.389. The molecule has 1 saturated carbocycles. The molecule has 1 aromatic heterocycles. The highest BCUT2D eigenvalue weighted by Crippen LogP contribution is 2.42. The van der Waals surface area contributed by atoms with Crippen molar-refractivity contribution in [2.45, 2.75) is 41.4 Å². The number of amides is 1. The van der Waals surface area contributed by atoms with Crippen molar-refractivity contribution in [3.8, 4) is 0 Å². The van der Waals surface area contributed by atoms with Crippen LogP contribution in [0.1, 0.15) is 25.5 Å². The molecule has 2 aromatic rings. The maximum atomic E-state index is 12.6. The molecule has 0 unspecified atom stereocenters. The van der Waals surface area contributed by atoms with Gasteiger partial charge >= 0.3 is 0 Å². The first-order chi connectivity index (χ1) is 12.4. The van der Waals surface area contributed by atoms with Crippen molar-refractivity contribution in [1.29, 1.82) is 0 Å². The molecule has 1 fully saturated rings. The number of nitrogens with zero attached hydrogens (tertiary/aromatic N) is 1. The lowest BCUT2D eigenvalue weighted by molar-refractivity contribution is -0.119. The van der Waals surface area contributed by atoms with Crippen molar-refractivity contribution in [3.05, 3.63) is 42.4 Å². The average Bonchev–Trinajstić information content (AvgIpc) is 3.34. The lowest BCUT2D eigenvalue weighted by Gasteiger charge is -2.33. The first-order valence-corrected chi connectivity index (χ1v) is 10.9. The highest BCUT2D eigenvalue weighted by Gasteiger charge is 2.37. The molecule has 1 atom stereocenters. The Hall–Kier alpha value is -1.77. The first kappa shape index (κ1) is 17.6. The van der Waals surface area contributed by atoms with Crippen LogP contribution in [0.25, 0.3) is 0 Å². The number of hydrogen-bond acceptors (Lipinski definition) is 5. The molecule has 0 bridgehead atoms. The van der Waals surface area contributed by atoms with Crippen molar-refractivity contribution in [1.82, 2.24) is 4.72 Å². The van der Waals surface area contributed by atoms with E-state index in [2.05, 4.69) is 11.6 Å². The van der Waals surface area contributed by atoms with Gasteiger partial charge in [-0.2, -0.15) is 0 Å². The van der Waals surface area contributed by atoms with Gasteiger partial charge in [0, 0.05) is 22.6 Å². The summed E-state index contributed by atoms with van der Waals surface area (Å²) in [6.07, 6.45) is 3.35. The van der Waals surface area contributed by atoms with Gasteiger partial charge in [-0.05, 0) is 43.2 Å². The van der Waals surface area contributed by atoms with Crippen molar-refractivity contribution < 1.29 is 17.6 Å². The Labute approximate surface area is 157 Å². The fourth-order valence-corrected chi connectivity index (χ4v) is 5.11. The van der Waals surface area contributed by atoms with E-state index in [-0.39, 0.29) is 28.5 Å². The van der Waals surface area contributed by atoms with Crippen LogP contribution in [0.15, 0.2) is 50.8 Å². The van der Waals surface area contributed by atoms with Gasteiger partial charge in [0.25, 0.3) is 0 Å². The van der Waals surface area contributed by atoms with E-state index >= 15 is 0 Å². The van der Waals surface area contributed by atoms with Crippen LogP contribution < -0.4 is 9.62 Å². The maximum Gasteiger partial charge on any atom is 0.241 e. The number of benzene rings is 1. The Morgan fingerprint density at radius 3 is 2.85 bits per heavy atom. The van der Waals surface area contributed by atoms with Crippen LogP contribution in [0, 0.1) is 5.92 Å². The standard InChI is InChI=1S/C18H20N2O4S2/c1-12-11-20(18(21)13-4-5-13)16-9-15(6-7-17(16)25-12)26(22,23)19-10-14-3-2-8-24-14/h2-3,6-9,12-13,19H,4-5,10-11H2,1H3/t12-/m1/s1. The third-order valence-electron chi connectivity index (χ3n) is 4.51. The number of hydrogen-bond donors (Lipinski definition) is 1. The van der Waals surface area contributed by atoms with Crippen LogP contribution in [-0.2, 0) is 21.4 Å². The molecular weight excluding hydrogens is 372 g/mol. The smallest absolute Gasteiger partial charge is 0.241 e. The number of sulfonamides is 1. The Kier molecular flexibility index (Phi) is 4.58. The first-order valence-electron chi connectivity index (χ1n) is 8.58. The SMILES string of the molecule is C[C@@H]1CN(C(=O)C2CC2)c2cc(S(=O)(=O)NCc3ccco3)ccc2S1. The summed E-state index contributed by atoms with van der Waals surface area (Å²) in [7, 11) is -3.69. The molecule has 0 radical (unpaired) electrons. The monoisotopic (exact) mass is 392 g/mol. The fourth-order valence-electron chi connectivity index (χ4n) is 3.01. The van der Waals surface area contributed by atoms with Crippen molar-refractivity contribution in [2.24, 2.45) is 5.92 Å². The molecule has 0 saturated heterocycles. The number of carbonyl (C=O) groups is 1. The lowest BCUT2D eigenvalue weighted by Crippen LogP contribution is -2.39. The second kappa shape index (κ2) is 6.75. The van der Waals surface area contributed by atoms with Gasteiger partial charge in [0.2, 0.25) is 15.9 Å². The van der Waals surface area contributed by atoms with Gasteiger partial charge in [-0.15, -0.1) is 11.8 Å². The maximum absolute atomic E-state index is 12.6. The van der Waals surface area contributed by atoms with Gasteiger partial charge in [0.1, 0.15) is 5.76 Å². The lowest BCUT2D eigenvalue weighted by atomic mass is 10.2. The molecule has 4 rings (SSSR count). The molecule has 1 aliphatic heterocycles. The van der Waals surface area contributed by atoms with Crippen LogP contribution in [-0.4, -0.2) is 26.1 Å². The molecule has 1 N–H and O–H groups in total. The van der Waals surface area contributed by atoms with Gasteiger partial charge in [-0.3, -0.25) is 4.79 Å². The third-order valence-corrected chi connectivity index (χ3v) is 7.06. The van der Waals surface area contributed by atoms with Crippen LogP contribution in [0.3, 0.4) is 0 Å². The number of fused-ring (bicyclic) bond motifs is 1. The molecule has 1 amide bonds. The van der Waals surface area contributed by atoms with Crippen molar-refractivity contribution in [2.75, 3.05) is 11.4 Å². The highest BCUT2D eigenvalue weighted by molar-refractivity contribution is 8.00. The molecule has 8 heteroatoms. The number of carbonyl (C=O) groups excluding carboxylic acids is 1. The largest absolute Gasteiger partial charge is 0.468 e. The van der Waals surface area contributed by atoms with Crippen LogP contribution >= 0.6 is 11.8 Å². The second-order valence-electron chi connectivity index (χ2n) is 6.69. The van der Waals surface area contributed by atoms with E-state index < -0.39 is 10.0 Å². The summed E-state index contributed by atoms with van der Waals surface area (Å²) >= 11 is 1.67. The summed E-state index contributed by atoms with van der Waals surface area (Å²) in [5, 5.41) is 0.282. The van der Waals surface area contributed by atoms with E-state index in [1.807, 2.05) is 0 Å². The van der Waals surface area contributed by atoms with E-state index in [9.17, 15) is 13.2 Å². The summed E-state index contributed by atoms with van der Waals surface area (Å²) in [5.41, 5.74) is 0.700. The quantitative estimate of drug-likeness (QED) is 0.846.